The molecule has 3 heterocycles. The van der Waals surface area contributed by atoms with Crippen LogP contribution in [0.4, 0.5) is 0 Å². The molecule has 0 aromatic carbocycles. The largest absolute Gasteiger partial charge is 0.294 e. The van der Waals surface area contributed by atoms with Gasteiger partial charge in [-0.05, 0) is 58.8 Å². The molecule has 21 heavy (non-hydrogen) atoms. The lowest BCUT2D eigenvalue weighted by Crippen LogP contribution is -2.33. The molecule has 5 heteroatoms. The summed E-state index contributed by atoms with van der Waals surface area (Å²) in [7, 11) is 0. The molecule has 1 atom stereocenters. The Morgan fingerprint density at radius 1 is 1.05 bits per heavy atom. The first kappa shape index (κ1) is 14.2. The van der Waals surface area contributed by atoms with E-state index in [1.807, 2.05) is 36.7 Å². The second-order valence-corrected chi connectivity index (χ2v) is 5.84. The van der Waals surface area contributed by atoms with E-state index in [-0.39, 0.29) is 6.04 Å². The van der Waals surface area contributed by atoms with Crippen molar-refractivity contribution in [1.29, 1.82) is 0 Å². The highest BCUT2D eigenvalue weighted by Gasteiger charge is 2.24. The summed E-state index contributed by atoms with van der Waals surface area (Å²) in [6, 6.07) is 6.28. The summed E-state index contributed by atoms with van der Waals surface area (Å²) in [6.07, 6.45) is 3.90. The van der Waals surface area contributed by atoms with Crippen molar-refractivity contribution < 1.29 is 0 Å². The number of aryl methyl sites for hydroxylation is 2. The highest BCUT2D eigenvalue weighted by molar-refractivity contribution is 5.25. The van der Waals surface area contributed by atoms with Crippen LogP contribution in [0.25, 0.3) is 5.82 Å². The molecule has 1 aliphatic rings. The Morgan fingerprint density at radius 2 is 1.81 bits per heavy atom. The average molecular weight is 285 g/mol. The highest BCUT2D eigenvalue weighted by Crippen LogP contribution is 2.24. The molecule has 0 aliphatic carbocycles. The fraction of sp³-hybridized carbons (Fsp3) is 0.562. The molecule has 1 saturated heterocycles. The number of piperidine rings is 1. The molecular formula is C16H23N5. The lowest BCUT2D eigenvalue weighted by Gasteiger charge is -2.31. The lowest BCUT2D eigenvalue weighted by atomic mass is 10.1. The topological polar surface area (TPSA) is 46.8 Å². The van der Waals surface area contributed by atoms with Crippen molar-refractivity contribution in [3.05, 3.63) is 35.5 Å². The van der Waals surface area contributed by atoms with Crippen LogP contribution in [0.2, 0.25) is 0 Å². The lowest BCUT2D eigenvalue weighted by molar-refractivity contribution is 0.167. The van der Waals surface area contributed by atoms with Gasteiger partial charge in [-0.15, -0.1) is 5.10 Å². The molecule has 112 valence electrons. The zero-order valence-electron chi connectivity index (χ0n) is 13.1. The van der Waals surface area contributed by atoms with Crippen molar-refractivity contribution in [3.8, 4) is 5.82 Å². The number of pyridine rings is 1. The van der Waals surface area contributed by atoms with Crippen molar-refractivity contribution in [3.63, 3.8) is 0 Å². The molecule has 0 saturated carbocycles. The maximum Gasteiger partial charge on any atom is 0.155 e. The van der Waals surface area contributed by atoms with E-state index in [0.717, 1.165) is 36.3 Å². The molecule has 3 rings (SSSR count). The van der Waals surface area contributed by atoms with Gasteiger partial charge in [0, 0.05) is 5.69 Å². The monoisotopic (exact) mass is 285 g/mol. The molecule has 0 N–H and O–H groups in total. The van der Waals surface area contributed by atoms with Gasteiger partial charge in [0.1, 0.15) is 5.82 Å². The minimum Gasteiger partial charge on any atom is -0.294 e. The predicted molar refractivity (Wildman–Crippen MR) is 82.5 cm³/mol. The van der Waals surface area contributed by atoms with E-state index in [2.05, 4.69) is 26.9 Å². The van der Waals surface area contributed by atoms with Gasteiger partial charge < -0.3 is 0 Å². The summed E-state index contributed by atoms with van der Waals surface area (Å²) in [4.78, 5) is 11.7. The molecule has 2 aromatic rings. The van der Waals surface area contributed by atoms with E-state index in [1.54, 1.807) is 0 Å². The van der Waals surface area contributed by atoms with Crippen molar-refractivity contribution >= 4 is 0 Å². The van der Waals surface area contributed by atoms with Gasteiger partial charge in [-0.25, -0.2) is 9.97 Å². The second-order valence-electron chi connectivity index (χ2n) is 5.84. The Hall–Kier alpha value is -1.75. The maximum atomic E-state index is 4.66. The highest BCUT2D eigenvalue weighted by atomic mass is 15.4. The van der Waals surface area contributed by atoms with Gasteiger partial charge in [-0.2, -0.15) is 4.68 Å². The second kappa shape index (κ2) is 5.93. The maximum absolute atomic E-state index is 4.66. The van der Waals surface area contributed by atoms with Crippen LogP contribution in [-0.4, -0.2) is 37.7 Å². The zero-order valence-corrected chi connectivity index (χ0v) is 13.1. The van der Waals surface area contributed by atoms with Gasteiger partial charge in [-0.1, -0.05) is 12.5 Å². The average Bonchev–Trinajstić information content (AvgIpc) is 2.89. The van der Waals surface area contributed by atoms with Gasteiger partial charge in [0.15, 0.2) is 11.6 Å². The summed E-state index contributed by atoms with van der Waals surface area (Å²) in [5.41, 5.74) is 0.997. The summed E-state index contributed by atoms with van der Waals surface area (Å²) in [5, 5.41) is 4.55. The number of hydrogen-bond acceptors (Lipinski definition) is 4. The standard InChI is InChI=1S/C16H23N5/c1-12-8-7-9-15(17-12)21-16(18-14(3)19-21)13(2)20-10-5-4-6-11-20/h7-9,13H,4-6,10-11H2,1-3H3/t13-/m1/s1. The van der Waals surface area contributed by atoms with Crippen LogP contribution in [0.5, 0.6) is 0 Å². The molecule has 1 aliphatic heterocycles. The summed E-state index contributed by atoms with van der Waals surface area (Å²) in [6.45, 7) is 8.46. The van der Waals surface area contributed by atoms with Gasteiger partial charge in [0.2, 0.25) is 0 Å². The molecule has 0 unspecified atom stereocenters. The minimum absolute atomic E-state index is 0.272. The number of aromatic nitrogens is 4. The Bertz CT molecular complexity index is 613. The van der Waals surface area contributed by atoms with Crippen LogP contribution >= 0.6 is 0 Å². The van der Waals surface area contributed by atoms with Gasteiger partial charge in [0.05, 0.1) is 6.04 Å². The smallest absolute Gasteiger partial charge is 0.155 e. The van der Waals surface area contributed by atoms with Crippen LogP contribution < -0.4 is 0 Å². The normalized spacial score (nSPS) is 17.9. The number of likely N-dealkylation sites (tertiary alicyclic amines) is 1. The molecule has 2 aromatic heterocycles. The molecule has 0 radical (unpaired) electrons. The third-order valence-corrected chi connectivity index (χ3v) is 4.14. The SMILES string of the molecule is Cc1cccc(-n2nc(C)nc2[C@@H](C)N2CCCCC2)n1. The first-order chi connectivity index (χ1) is 10.1. The van der Waals surface area contributed by atoms with Crippen LogP contribution in [-0.2, 0) is 0 Å². The van der Waals surface area contributed by atoms with E-state index in [0.29, 0.717) is 0 Å². The molecule has 0 amide bonds. The molecule has 0 bridgehead atoms. The third kappa shape index (κ3) is 2.97. The number of nitrogens with zero attached hydrogens (tertiary/aromatic N) is 5. The first-order valence-electron chi connectivity index (χ1n) is 7.77. The Morgan fingerprint density at radius 3 is 2.52 bits per heavy atom. The Labute approximate surface area is 126 Å². The van der Waals surface area contributed by atoms with Crippen LogP contribution in [0, 0.1) is 13.8 Å². The van der Waals surface area contributed by atoms with E-state index >= 15 is 0 Å². The predicted octanol–water partition coefficient (Wildman–Crippen LogP) is 2.83. The summed E-state index contributed by atoms with van der Waals surface area (Å²) < 4.78 is 1.90. The van der Waals surface area contributed by atoms with Crippen molar-refractivity contribution in [2.75, 3.05) is 13.1 Å². The van der Waals surface area contributed by atoms with E-state index in [9.17, 15) is 0 Å². The van der Waals surface area contributed by atoms with Crippen LogP contribution in [0.3, 0.4) is 0 Å². The van der Waals surface area contributed by atoms with Crippen LogP contribution in [0.1, 0.15) is 49.6 Å². The minimum atomic E-state index is 0.272. The Kier molecular flexibility index (Phi) is 4.01. The van der Waals surface area contributed by atoms with E-state index in [4.69, 9.17) is 0 Å². The van der Waals surface area contributed by atoms with Gasteiger partial charge in [0.25, 0.3) is 0 Å². The number of hydrogen-bond donors (Lipinski definition) is 0. The number of rotatable bonds is 3. The van der Waals surface area contributed by atoms with Crippen molar-refractivity contribution in [2.45, 2.75) is 46.1 Å². The molecule has 0 spiro atoms. The molecule has 1 fully saturated rings. The van der Waals surface area contributed by atoms with Gasteiger partial charge in [-0.3, -0.25) is 4.90 Å². The van der Waals surface area contributed by atoms with Crippen molar-refractivity contribution in [1.82, 2.24) is 24.6 Å². The van der Waals surface area contributed by atoms with Crippen molar-refractivity contribution in [2.24, 2.45) is 0 Å². The summed E-state index contributed by atoms with van der Waals surface area (Å²) in [5.74, 6) is 2.65. The first-order valence-corrected chi connectivity index (χ1v) is 7.77. The fourth-order valence-electron chi connectivity index (χ4n) is 2.99. The summed E-state index contributed by atoms with van der Waals surface area (Å²) >= 11 is 0. The Balaban J connectivity index is 1.95. The molecular weight excluding hydrogens is 262 g/mol. The van der Waals surface area contributed by atoms with Gasteiger partial charge >= 0.3 is 0 Å². The molecule has 5 nitrogen and oxygen atoms in total. The van der Waals surface area contributed by atoms with E-state index in [1.165, 1.54) is 19.3 Å². The fourth-order valence-corrected chi connectivity index (χ4v) is 2.99. The van der Waals surface area contributed by atoms with E-state index < -0.39 is 0 Å². The van der Waals surface area contributed by atoms with Crippen LogP contribution in [0.15, 0.2) is 18.2 Å². The quantitative estimate of drug-likeness (QED) is 0.870. The third-order valence-electron chi connectivity index (χ3n) is 4.14. The zero-order chi connectivity index (χ0) is 14.8.